The van der Waals surface area contributed by atoms with Crippen LogP contribution in [-0.2, 0) is 32.8 Å². The first-order chi connectivity index (χ1) is 14.7. The van der Waals surface area contributed by atoms with Gasteiger partial charge in [0.25, 0.3) is 16.0 Å². The molecule has 1 atom stereocenters. The lowest BCUT2D eigenvalue weighted by Crippen LogP contribution is -2.47. The molecule has 180 valence electrons. The van der Waals surface area contributed by atoms with E-state index in [1.165, 1.54) is 9.91 Å². The molecule has 0 bridgehead atoms. The molecule has 0 unspecified atom stereocenters. The molecule has 2 rings (SSSR count). The van der Waals surface area contributed by atoms with Crippen molar-refractivity contribution in [2.75, 3.05) is 33.0 Å². The minimum absolute atomic E-state index is 0.0650. The van der Waals surface area contributed by atoms with E-state index in [4.69, 9.17) is 4.18 Å². The van der Waals surface area contributed by atoms with Crippen molar-refractivity contribution in [1.82, 2.24) is 24.7 Å². The zero-order valence-electron chi connectivity index (χ0n) is 19.5. The van der Waals surface area contributed by atoms with Gasteiger partial charge in [0.2, 0.25) is 0 Å². The van der Waals surface area contributed by atoms with Gasteiger partial charge in [-0.3, -0.25) is 18.7 Å². The quantitative estimate of drug-likeness (QED) is 0.344. The van der Waals surface area contributed by atoms with Gasteiger partial charge < -0.3 is 10.0 Å². The number of hydrogen-bond acceptors (Lipinski definition) is 7. The first kappa shape index (κ1) is 25.8. The maximum Gasteiger partial charge on any atom is 0.407 e. The minimum atomic E-state index is -3.61. The van der Waals surface area contributed by atoms with Crippen molar-refractivity contribution in [3.63, 3.8) is 0 Å². The van der Waals surface area contributed by atoms with Crippen LogP contribution in [0.25, 0.3) is 0 Å². The lowest BCUT2D eigenvalue weighted by molar-refractivity contribution is 0.00512. The van der Waals surface area contributed by atoms with E-state index >= 15 is 0 Å². The van der Waals surface area contributed by atoms with Crippen molar-refractivity contribution in [2.24, 2.45) is 0 Å². The number of carboxylic acid groups (broad SMARTS) is 1. The van der Waals surface area contributed by atoms with Gasteiger partial charge in [0.05, 0.1) is 30.6 Å². The van der Waals surface area contributed by atoms with Crippen molar-refractivity contribution < 1.29 is 27.3 Å². The fraction of sp³-hybridized carbons (Fsp3) is 0.650. The molecule has 2 heterocycles. The topological polar surface area (TPSA) is 125 Å². The Labute approximate surface area is 189 Å². The molecule has 0 fully saturated rings. The molecule has 0 aliphatic carbocycles. The Morgan fingerprint density at radius 2 is 2.00 bits per heavy atom. The second-order valence-corrected chi connectivity index (χ2v) is 10.5. The number of hydrazine groups is 1. The summed E-state index contributed by atoms with van der Waals surface area (Å²) in [4.78, 5) is 26.7. The molecule has 0 saturated heterocycles. The number of aromatic nitrogens is 2. The molecule has 32 heavy (non-hydrogen) atoms. The van der Waals surface area contributed by atoms with Crippen LogP contribution in [0.5, 0.6) is 0 Å². The molecule has 1 N–H and O–H groups in total. The number of carbonyl (C=O) groups excluding carboxylic acids is 1. The van der Waals surface area contributed by atoms with Crippen molar-refractivity contribution >= 4 is 22.1 Å². The molecular weight excluding hydrogens is 438 g/mol. The third-order valence-corrected chi connectivity index (χ3v) is 5.80. The van der Waals surface area contributed by atoms with Crippen LogP contribution in [0, 0.1) is 0 Å². The average molecular weight is 472 g/mol. The van der Waals surface area contributed by atoms with Crippen LogP contribution >= 0.6 is 0 Å². The van der Waals surface area contributed by atoms with E-state index in [9.17, 15) is 23.1 Å². The van der Waals surface area contributed by atoms with E-state index in [2.05, 4.69) is 11.7 Å². The van der Waals surface area contributed by atoms with E-state index in [1.54, 1.807) is 22.8 Å². The molecule has 12 heteroatoms. The SMILES string of the molecule is C=CCN(CCOS(C)(=O)=O)N(C)C(=O)c1c2c(nn1C(C)(C)C)C[C@@H](C)N(C(=O)O)C2. The zero-order valence-corrected chi connectivity index (χ0v) is 20.3. The lowest BCUT2D eigenvalue weighted by Gasteiger charge is -2.33. The minimum Gasteiger partial charge on any atom is -0.465 e. The lowest BCUT2D eigenvalue weighted by atomic mass is 9.99. The second kappa shape index (κ2) is 9.59. The molecule has 0 aromatic carbocycles. The molecule has 0 radical (unpaired) electrons. The number of hydrogen-bond donors (Lipinski definition) is 1. The van der Waals surface area contributed by atoms with Crippen LogP contribution in [0.4, 0.5) is 4.79 Å². The third-order valence-electron chi connectivity index (χ3n) is 5.20. The molecule has 0 spiro atoms. The van der Waals surface area contributed by atoms with E-state index in [1.807, 2.05) is 27.7 Å². The van der Waals surface area contributed by atoms with Crippen LogP contribution in [-0.4, -0.2) is 89.3 Å². The first-order valence-electron chi connectivity index (χ1n) is 10.3. The summed E-state index contributed by atoms with van der Waals surface area (Å²) < 4.78 is 29.0. The summed E-state index contributed by atoms with van der Waals surface area (Å²) in [6.07, 6.45) is 1.91. The molecule has 0 saturated carbocycles. The standard InChI is InChI=1S/C20H33N5O6S/c1-8-9-23(10-11-31-32(7,29)30)22(6)18(26)17-15-13-24(19(27)28)14(2)12-16(15)21-25(17)20(3,4)5/h8,14H,1,9-13H2,2-7H3,(H,27,28)/t14-/m1/s1. The average Bonchev–Trinajstić information content (AvgIpc) is 3.03. The summed E-state index contributed by atoms with van der Waals surface area (Å²) in [6.45, 7) is 11.6. The van der Waals surface area contributed by atoms with Crippen molar-refractivity contribution in [2.45, 2.75) is 52.2 Å². The summed E-state index contributed by atoms with van der Waals surface area (Å²) in [5.74, 6) is -0.380. The van der Waals surface area contributed by atoms with Gasteiger partial charge in [0.15, 0.2) is 0 Å². The monoisotopic (exact) mass is 471 g/mol. The predicted octanol–water partition coefficient (Wildman–Crippen LogP) is 1.51. The molecule has 1 aromatic rings. The number of amides is 2. The third kappa shape index (κ3) is 5.87. The van der Waals surface area contributed by atoms with Crippen molar-refractivity contribution in [3.05, 3.63) is 29.6 Å². The fourth-order valence-electron chi connectivity index (χ4n) is 3.59. The Morgan fingerprint density at radius 1 is 1.38 bits per heavy atom. The molecule has 11 nitrogen and oxygen atoms in total. The van der Waals surface area contributed by atoms with Gasteiger partial charge >= 0.3 is 6.09 Å². The maximum atomic E-state index is 13.6. The predicted molar refractivity (Wildman–Crippen MR) is 119 cm³/mol. The highest BCUT2D eigenvalue weighted by Gasteiger charge is 2.37. The van der Waals surface area contributed by atoms with Gasteiger partial charge in [-0.2, -0.15) is 13.5 Å². The maximum absolute atomic E-state index is 13.6. The summed E-state index contributed by atoms with van der Waals surface area (Å²) in [5.41, 5.74) is 1.08. The van der Waals surface area contributed by atoms with Gasteiger partial charge in [0.1, 0.15) is 5.69 Å². The van der Waals surface area contributed by atoms with Crippen LogP contribution in [0.3, 0.4) is 0 Å². The highest BCUT2D eigenvalue weighted by Crippen LogP contribution is 2.30. The molecule has 2 amide bonds. The van der Waals surface area contributed by atoms with E-state index in [-0.39, 0.29) is 38.2 Å². The Kier molecular flexibility index (Phi) is 7.74. The van der Waals surface area contributed by atoms with Gasteiger partial charge in [-0.15, -0.1) is 6.58 Å². The number of fused-ring (bicyclic) bond motifs is 1. The van der Waals surface area contributed by atoms with Gasteiger partial charge in [0, 0.05) is 38.2 Å². The summed E-state index contributed by atoms with van der Waals surface area (Å²) >= 11 is 0. The Bertz CT molecular complexity index is 981. The molecular formula is C20H33N5O6S. The van der Waals surface area contributed by atoms with Crippen LogP contribution in [0.1, 0.15) is 49.4 Å². The summed E-state index contributed by atoms with van der Waals surface area (Å²) in [7, 11) is -2.04. The highest BCUT2D eigenvalue weighted by atomic mass is 32.2. The number of rotatable bonds is 8. The number of nitrogens with zero attached hydrogens (tertiary/aromatic N) is 5. The van der Waals surface area contributed by atoms with E-state index < -0.39 is 21.8 Å². The Balaban J connectivity index is 2.44. The zero-order chi connectivity index (χ0) is 24.4. The van der Waals surface area contributed by atoms with Crippen molar-refractivity contribution in [1.29, 1.82) is 0 Å². The van der Waals surface area contributed by atoms with Gasteiger partial charge in [-0.25, -0.2) is 9.80 Å². The smallest absolute Gasteiger partial charge is 0.407 e. The fourth-order valence-corrected chi connectivity index (χ4v) is 3.97. The first-order valence-corrected chi connectivity index (χ1v) is 12.1. The van der Waals surface area contributed by atoms with E-state index in [0.717, 1.165) is 6.26 Å². The Hall–Kier alpha value is -2.44. The Morgan fingerprint density at radius 3 is 2.50 bits per heavy atom. The second-order valence-electron chi connectivity index (χ2n) is 8.88. The van der Waals surface area contributed by atoms with Gasteiger partial charge in [-0.1, -0.05) is 6.08 Å². The number of carbonyl (C=O) groups is 2. The summed E-state index contributed by atoms with van der Waals surface area (Å²) in [6, 6.07) is -0.255. The normalized spacial score (nSPS) is 16.7. The largest absolute Gasteiger partial charge is 0.465 e. The highest BCUT2D eigenvalue weighted by molar-refractivity contribution is 7.85. The summed E-state index contributed by atoms with van der Waals surface area (Å²) in [5, 5.41) is 17.2. The molecule has 1 aliphatic heterocycles. The van der Waals surface area contributed by atoms with E-state index in [0.29, 0.717) is 23.4 Å². The van der Waals surface area contributed by atoms with Gasteiger partial charge in [-0.05, 0) is 27.7 Å². The van der Waals surface area contributed by atoms with Crippen LogP contribution < -0.4 is 0 Å². The van der Waals surface area contributed by atoms with Crippen LogP contribution in [0.15, 0.2) is 12.7 Å². The molecule has 1 aromatic heterocycles. The van der Waals surface area contributed by atoms with Crippen molar-refractivity contribution in [3.8, 4) is 0 Å². The molecule has 1 aliphatic rings. The van der Waals surface area contributed by atoms with Crippen LogP contribution in [0.2, 0.25) is 0 Å².